The second kappa shape index (κ2) is 12.7. The predicted octanol–water partition coefficient (Wildman–Crippen LogP) is 13.8. The molecule has 0 amide bonds. The lowest BCUT2D eigenvalue weighted by Gasteiger charge is -2.21. The lowest BCUT2D eigenvalue weighted by molar-refractivity contribution is 0.661. The van der Waals surface area contributed by atoms with Gasteiger partial charge in [0.25, 0.3) is 0 Å². The first kappa shape index (κ1) is 33.5. The van der Waals surface area contributed by atoms with Gasteiger partial charge in [-0.1, -0.05) is 141 Å². The molecule has 0 spiro atoms. The first-order valence-electron chi connectivity index (χ1n) is 20.1. The molecule has 1 aliphatic carbocycles. The molecule has 0 unspecified atom stereocenters. The van der Waals surface area contributed by atoms with Gasteiger partial charge < -0.3 is 8.98 Å². The maximum atomic E-state index is 6.65. The van der Waals surface area contributed by atoms with E-state index in [4.69, 9.17) is 19.4 Å². The van der Waals surface area contributed by atoms with E-state index in [1.807, 2.05) is 72.8 Å². The predicted molar refractivity (Wildman–Crippen MR) is 241 cm³/mol. The van der Waals surface area contributed by atoms with Crippen molar-refractivity contribution in [1.82, 2.24) is 19.5 Å². The van der Waals surface area contributed by atoms with Crippen molar-refractivity contribution >= 4 is 43.7 Å². The molecule has 0 aliphatic heterocycles. The van der Waals surface area contributed by atoms with Crippen LogP contribution in [0.4, 0.5) is 0 Å². The number of rotatable bonds is 5. The molecule has 0 radical (unpaired) electrons. The van der Waals surface area contributed by atoms with Crippen LogP contribution in [-0.4, -0.2) is 19.5 Å². The lowest BCUT2D eigenvalue weighted by atomic mass is 9.82. The fraction of sp³-hybridized carbons (Fsp3) is 0.0556. The van der Waals surface area contributed by atoms with Crippen molar-refractivity contribution in [1.29, 1.82) is 0 Å². The third kappa shape index (κ3) is 5.14. The van der Waals surface area contributed by atoms with E-state index in [1.54, 1.807) is 0 Å². The van der Waals surface area contributed by atoms with Crippen molar-refractivity contribution < 1.29 is 4.42 Å². The zero-order chi connectivity index (χ0) is 39.2. The molecule has 0 fully saturated rings. The molecule has 59 heavy (non-hydrogen) atoms. The molecule has 3 aromatic heterocycles. The molecule has 8 aromatic carbocycles. The summed E-state index contributed by atoms with van der Waals surface area (Å²) in [7, 11) is 0. The van der Waals surface area contributed by atoms with Crippen molar-refractivity contribution in [2.45, 2.75) is 19.3 Å². The third-order valence-electron chi connectivity index (χ3n) is 12.2. The van der Waals surface area contributed by atoms with E-state index in [9.17, 15) is 0 Å². The van der Waals surface area contributed by atoms with Gasteiger partial charge in [0.2, 0.25) is 0 Å². The minimum atomic E-state index is -0.114. The zero-order valence-corrected chi connectivity index (χ0v) is 32.5. The van der Waals surface area contributed by atoms with E-state index >= 15 is 0 Å². The maximum absolute atomic E-state index is 6.65. The average Bonchev–Trinajstić information content (AvgIpc) is 3.91. The van der Waals surface area contributed by atoms with Gasteiger partial charge >= 0.3 is 0 Å². The van der Waals surface area contributed by atoms with Gasteiger partial charge in [-0.05, 0) is 88.0 Å². The van der Waals surface area contributed by atoms with Crippen LogP contribution in [0.25, 0.3) is 106 Å². The second-order valence-electron chi connectivity index (χ2n) is 16.0. The van der Waals surface area contributed by atoms with Crippen LogP contribution >= 0.6 is 0 Å². The Bertz CT molecular complexity index is 3400. The number of fused-ring (bicyclic) bond motifs is 9. The van der Waals surface area contributed by atoms with Crippen LogP contribution in [0.15, 0.2) is 186 Å². The van der Waals surface area contributed by atoms with E-state index < -0.39 is 0 Å². The molecule has 0 saturated heterocycles. The third-order valence-corrected chi connectivity index (χ3v) is 12.2. The Kier molecular flexibility index (Phi) is 7.20. The monoisotopic (exact) mass is 756 g/mol. The van der Waals surface area contributed by atoms with E-state index in [0.29, 0.717) is 17.5 Å². The smallest absolute Gasteiger partial charge is 0.164 e. The number of benzene rings is 8. The van der Waals surface area contributed by atoms with Gasteiger partial charge in [-0.3, -0.25) is 0 Å². The molecule has 1 aliphatic rings. The SMILES string of the molecule is CC1(C)c2ccccc2-c2cc3c4cc(-c5cc(-c6nc(-c7ccccc7)nc(-c7ccccc7)n6)c6c(c5)oc5ccccc56)ccc4n(-c4ccccc4)c3cc21. The Balaban J connectivity index is 1.12. The summed E-state index contributed by atoms with van der Waals surface area (Å²) in [5.74, 6) is 1.83. The van der Waals surface area contributed by atoms with E-state index in [0.717, 1.165) is 61.0 Å². The summed E-state index contributed by atoms with van der Waals surface area (Å²) >= 11 is 0. The summed E-state index contributed by atoms with van der Waals surface area (Å²) in [6, 6.07) is 64.2. The molecule has 0 saturated carbocycles. The highest BCUT2D eigenvalue weighted by atomic mass is 16.3. The number of para-hydroxylation sites is 2. The summed E-state index contributed by atoms with van der Waals surface area (Å²) in [5.41, 5.74) is 15.2. The number of hydrogen-bond acceptors (Lipinski definition) is 4. The summed E-state index contributed by atoms with van der Waals surface area (Å²) in [4.78, 5) is 15.4. The zero-order valence-electron chi connectivity index (χ0n) is 32.5. The molecule has 5 nitrogen and oxygen atoms in total. The highest BCUT2D eigenvalue weighted by Gasteiger charge is 2.36. The van der Waals surface area contributed by atoms with Crippen molar-refractivity contribution in [2.24, 2.45) is 0 Å². The van der Waals surface area contributed by atoms with Crippen LogP contribution in [-0.2, 0) is 5.41 Å². The average molecular weight is 757 g/mol. The molecule has 278 valence electrons. The van der Waals surface area contributed by atoms with Crippen molar-refractivity contribution in [3.05, 3.63) is 193 Å². The molecule has 12 rings (SSSR count). The topological polar surface area (TPSA) is 56.7 Å². The van der Waals surface area contributed by atoms with Crippen molar-refractivity contribution in [3.8, 4) is 62.1 Å². The van der Waals surface area contributed by atoms with Gasteiger partial charge in [-0.2, -0.15) is 0 Å². The van der Waals surface area contributed by atoms with Crippen LogP contribution in [0.3, 0.4) is 0 Å². The molecule has 5 heteroatoms. The molecule has 11 aromatic rings. The van der Waals surface area contributed by atoms with Crippen LogP contribution < -0.4 is 0 Å². The van der Waals surface area contributed by atoms with Crippen LogP contribution in [0.5, 0.6) is 0 Å². The number of aromatic nitrogens is 4. The molecular formula is C54H36N4O. The second-order valence-corrected chi connectivity index (χ2v) is 16.0. The minimum Gasteiger partial charge on any atom is -0.456 e. The maximum Gasteiger partial charge on any atom is 0.164 e. The molecule has 0 N–H and O–H groups in total. The molecule has 3 heterocycles. The summed E-state index contributed by atoms with van der Waals surface area (Å²) in [6.07, 6.45) is 0. The number of furan rings is 1. The van der Waals surface area contributed by atoms with Gasteiger partial charge in [0.05, 0.1) is 11.0 Å². The Morgan fingerprint density at radius 1 is 0.407 bits per heavy atom. The van der Waals surface area contributed by atoms with Gasteiger partial charge in [0.15, 0.2) is 17.5 Å². The fourth-order valence-corrected chi connectivity index (χ4v) is 9.37. The summed E-state index contributed by atoms with van der Waals surface area (Å²) in [6.45, 7) is 4.70. The largest absolute Gasteiger partial charge is 0.456 e. The van der Waals surface area contributed by atoms with Gasteiger partial charge in [-0.25, -0.2) is 15.0 Å². The van der Waals surface area contributed by atoms with Gasteiger partial charge in [0.1, 0.15) is 11.2 Å². The number of nitrogens with zero attached hydrogens (tertiary/aromatic N) is 4. The van der Waals surface area contributed by atoms with Crippen LogP contribution in [0, 0.1) is 0 Å². The molecular weight excluding hydrogens is 721 g/mol. The fourth-order valence-electron chi connectivity index (χ4n) is 9.37. The first-order chi connectivity index (χ1) is 29.0. The Hall–Kier alpha value is -7.63. The van der Waals surface area contributed by atoms with Gasteiger partial charge in [0, 0.05) is 49.3 Å². The Morgan fingerprint density at radius 2 is 1.03 bits per heavy atom. The lowest BCUT2D eigenvalue weighted by Crippen LogP contribution is -2.14. The van der Waals surface area contributed by atoms with Crippen LogP contribution in [0.1, 0.15) is 25.0 Å². The highest BCUT2D eigenvalue weighted by Crippen LogP contribution is 2.51. The standard InChI is InChI=1S/C54H36N4O/c1-54(2)44-24-14-12-22-38(44)40-31-42-41-28-35(26-27-46(41)58(47(42)32-45(40)54)37-20-10-5-11-21-37)36-29-43(50-39-23-13-15-25-48(39)59-49(50)30-36)53-56-51(33-16-6-3-7-17-33)55-52(57-53)34-18-8-4-9-19-34/h3-32H,1-2H3. The minimum absolute atomic E-state index is 0.114. The van der Waals surface area contributed by atoms with E-state index in [1.165, 1.54) is 38.5 Å². The summed E-state index contributed by atoms with van der Waals surface area (Å²) < 4.78 is 9.07. The normalized spacial score (nSPS) is 13.1. The van der Waals surface area contributed by atoms with E-state index in [-0.39, 0.29) is 5.41 Å². The number of hydrogen-bond donors (Lipinski definition) is 0. The van der Waals surface area contributed by atoms with Gasteiger partial charge in [-0.15, -0.1) is 0 Å². The summed E-state index contributed by atoms with van der Waals surface area (Å²) in [5, 5.41) is 4.41. The quantitative estimate of drug-likeness (QED) is 0.175. The van der Waals surface area contributed by atoms with Crippen molar-refractivity contribution in [2.75, 3.05) is 0 Å². The Labute approximate surface area is 340 Å². The Morgan fingerprint density at radius 3 is 1.78 bits per heavy atom. The van der Waals surface area contributed by atoms with Crippen LogP contribution in [0.2, 0.25) is 0 Å². The molecule has 0 bridgehead atoms. The first-order valence-corrected chi connectivity index (χ1v) is 20.1. The van der Waals surface area contributed by atoms with Crippen molar-refractivity contribution in [3.63, 3.8) is 0 Å². The van der Waals surface area contributed by atoms with E-state index in [2.05, 4.69) is 128 Å². The molecule has 0 atom stereocenters. The highest BCUT2D eigenvalue weighted by molar-refractivity contribution is 6.15.